The first-order valence-electron chi connectivity index (χ1n) is 6.30. The average molecular weight is 257 g/mol. The number of likely N-dealkylation sites (N-methyl/N-ethyl adjacent to an activating group) is 1. The Kier molecular flexibility index (Phi) is 5.55. The number of piperazine rings is 1. The van der Waals surface area contributed by atoms with Crippen molar-refractivity contribution in [2.24, 2.45) is 0 Å². The van der Waals surface area contributed by atoms with Gasteiger partial charge in [-0.15, -0.1) is 0 Å². The molecule has 18 heavy (non-hydrogen) atoms. The van der Waals surface area contributed by atoms with Crippen LogP contribution in [0.15, 0.2) is 0 Å². The van der Waals surface area contributed by atoms with Gasteiger partial charge in [-0.25, -0.2) is 0 Å². The van der Waals surface area contributed by atoms with E-state index in [4.69, 9.17) is 0 Å². The Morgan fingerprint density at radius 3 is 2.28 bits per heavy atom. The summed E-state index contributed by atoms with van der Waals surface area (Å²) in [4.78, 5) is 28.3. The van der Waals surface area contributed by atoms with Gasteiger partial charge in [-0.05, 0) is 6.92 Å². The van der Waals surface area contributed by atoms with E-state index in [0.29, 0.717) is 19.6 Å². The Morgan fingerprint density at radius 2 is 1.83 bits per heavy atom. The summed E-state index contributed by atoms with van der Waals surface area (Å²) in [5.74, 6) is -0.111. The van der Waals surface area contributed by atoms with Crippen LogP contribution in [-0.2, 0) is 9.59 Å². The van der Waals surface area contributed by atoms with Crippen LogP contribution in [-0.4, -0.2) is 84.0 Å². The van der Waals surface area contributed by atoms with Gasteiger partial charge in [0.1, 0.15) is 0 Å². The van der Waals surface area contributed by atoms with E-state index in [9.17, 15) is 14.7 Å². The molecule has 1 fully saturated rings. The molecule has 0 unspecified atom stereocenters. The summed E-state index contributed by atoms with van der Waals surface area (Å²) in [5.41, 5.74) is 0. The van der Waals surface area contributed by atoms with Gasteiger partial charge >= 0.3 is 0 Å². The molecule has 1 rings (SSSR count). The fourth-order valence-electron chi connectivity index (χ4n) is 1.97. The van der Waals surface area contributed by atoms with E-state index in [2.05, 4.69) is 4.90 Å². The molecule has 2 amide bonds. The molecule has 6 heteroatoms. The number of hydrogen-bond donors (Lipinski definition) is 1. The van der Waals surface area contributed by atoms with Crippen LogP contribution in [0, 0.1) is 0 Å². The lowest BCUT2D eigenvalue weighted by atomic mass is 10.2. The molecule has 1 atom stereocenters. The summed E-state index contributed by atoms with van der Waals surface area (Å²) >= 11 is 0. The third-order valence-corrected chi connectivity index (χ3v) is 3.16. The smallest absolute Gasteiger partial charge is 0.242 e. The summed E-state index contributed by atoms with van der Waals surface area (Å²) < 4.78 is 0. The second-order valence-corrected chi connectivity index (χ2v) is 4.91. The molecule has 0 aromatic rings. The second kappa shape index (κ2) is 6.70. The highest BCUT2D eigenvalue weighted by Crippen LogP contribution is 2.03. The topological polar surface area (TPSA) is 64.1 Å². The van der Waals surface area contributed by atoms with Crippen LogP contribution in [0.4, 0.5) is 0 Å². The maximum atomic E-state index is 11.9. The van der Waals surface area contributed by atoms with Crippen LogP contribution in [0.2, 0.25) is 0 Å². The molecule has 0 saturated carbocycles. The van der Waals surface area contributed by atoms with Gasteiger partial charge in [0.25, 0.3) is 0 Å². The number of nitrogens with zero attached hydrogens (tertiary/aromatic N) is 3. The molecular formula is C12H23N3O3. The number of aliphatic hydroxyl groups excluding tert-OH is 1. The zero-order valence-electron chi connectivity index (χ0n) is 11.4. The molecule has 6 nitrogen and oxygen atoms in total. The number of β-amino-alcohol motifs (C(OH)–C–C–N with tert-alkyl or cyclic N) is 1. The average Bonchev–Trinajstić information content (AvgIpc) is 2.28. The fourth-order valence-corrected chi connectivity index (χ4v) is 1.97. The van der Waals surface area contributed by atoms with Gasteiger partial charge in [-0.2, -0.15) is 0 Å². The van der Waals surface area contributed by atoms with Crippen LogP contribution in [0.5, 0.6) is 0 Å². The maximum Gasteiger partial charge on any atom is 0.242 e. The van der Waals surface area contributed by atoms with Crippen molar-refractivity contribution in [1.29, 1.82) is 0 Å². The molecule has 1 saturated heterocycles. The lowest BCUT2D eigenvalue weighted by Gasteiger charge is -2.35. The minimum atomic E-state index is -0.337. The molecule has 1 heterocycles. The van der Waals surface area contributed by atoms with Crippen molar-refractivity contribution in [2.45, 2.75) is 20.0 Å². The first kappa shape index (κ1) is 14.9. The third kappa shape index (κ3) is 4.62. The molecule has 1 aliphatic heterocycles. The summed E-state index contributed by atoms with van der Waals surface area (Å²) in [5, 5.41) is 9.29. The minimum Gasteiger partial charge on any atom is -0.392 e. The highest BCUT2D eigenvalue weighted by molar-refractivity contribution is 5.83. The van der Waals surface area contributed by atoms with E-state index in [-0.39, 0.29) is 24.5 Å². The van der Waals surface area contributed by atoms with Crippen molar-refractivity contribution in [3.8, 4) is 0 Å². The zero-order valence-corrected chi connectivity index (χ0v) is 11.4. The van der Waals surface area contributed by atoms with Gasteiger partial charge in [0, 0.05) is 46.7 Å². The molecule has 0 spiro atoms. The van der Waals surface area contributed by atoms with Gasteiger partial charge in [0.05, 0.1) is 12.6 Å². The number of hydrogen-bond acceptors (Lipinski definition) is 4. The highest BCUT2D eigenvalue weighted by atomic mass is 16.3. The Hall–Kier alpha value is -1.14. The quantitative estimate of drug-likeness (QED) is 0.701. The van der Waals surface area contributed by atoms with Crippen molar-refractivity contribution < 1.29 is 14.7 Å². The van der Waals surface area contributed by atoms with Gasteiger partial charge in [-0.1, -0.05) is 0 Å². The predicted octanol–water partition coefficient (Wildman–Crippen LogP) is -1.01. The number of aliphatic hydroxyl groups is 1. The largest absolute Gasteiger partial charge is 0.392 e. The van der Waals surface area contributed by atoms with Crippen molar-refractivity contribution in [2.75, 3.05) is 46.3 Å². The Morgan fingerprint density at radius 1 is 1.28 bits per heavy atom. The highest BCUT2D eigenvalue weighted by Gasteiger charge is 2.22. The Labute approximate surface area is 108 Å². The van der Waals surface area contributed by atoms with Crippen LogP contribution in [0.25, 0.3) is 0 Å². The second-order valence-electron chi connectivity index (χ2n) is 4.91. The van der Waals surface area contributed by atoms with Gasteiger partial charge in [0.2, 0.25) is 11.8 Å². The number of rotatable bonds is 4. The van der Waals surface area contributed by atoms with Gasteiger partial charge in [0.15, 0.2) is 0 Å². The first-order chi connectivity index (χ1) is 8.40. The number of carbonyl (C=O) groups excluding carboxylic acids is 2. The van der Waals surface area contributed by atoms with E-state index in [1.807, 2.05) is 0 Å². The Bertz CT molecular complexity index is 299. The van der Waals surface area contributed by atoms with Crippen molar-refractivity contribution in [1.82, 2.24) is 14.7 Å². The molecule has 0 radical (unpaired) electrons. The maximum absolute atomic E-state index is 11.9. The number of carbonyl (C=O) groups is 2. The zero-order chi connectivity index (χ0) is 13.7. The number of amides is 2. The summed E-state index contributed by atoms with van der Waals surface area (Å²) in [7, 11) is 1.63. The van der Waals surface area contributed by atoms with E-state index >= 15 is 0 Å². The van der Waals surface area contributed by atoms with Crippen LogP contribution >= 0.6 is 0 Å². The van der Waals surface area contributed by atoms with E-state index in [1.54, 1.807) is 18.9 Å². The standard InChI is InChI=1S/C12H23N3O3/c1-10(16)8-14-4-6-15(7-5-14)12(18)9-13(3)11(2)17/h10,16H,4-9H2,1-3H3/t10-/m0/s1. The minimum absolute atomic E-state index is 0.00982. The molecule has 0 aliphatic carbocycles. The fraction of sp³-hybridized carbons (Fsp3) is 0.833. The van der Waals surface area contributed by atoms with E-state index in [0.717, 1.165) is 13.1 Å². The predicted molar refractivity (Wildman–Crippen MR) is 68.0 cm³/mol. The van der Waals surface area contributed by atoms with E-state index in [1.165, 1.54) is 11.8 Å². The molecule has 0 aromatic carbocycles. The molecular weight excluding hydrogens is 234 g/mol. The monoisotopic (exact) mass is 257 g/mol. The summed E-state index contributed by atoms with van der Waals surface area (Å²) in [6.45, 7) is 6.89. The lowest BCUT2D eigenvalue weighted by molar-refractivity contribution is -0.139. The van der Waals surface area contributed by atoms with Gasteiger partial charge < -0.3 is 14.9 Å². The van der Waals surface area contributed by atoms with Crippen molar-refractivity contribution >= 4 is 11.8 Å². The lowest BCUT2D eigenvalue weighted by Crippen LogP contribution is -2.52. The summed E-state index contributed by atoms with van der Waals surface area (Å²) in [6, 6.07) is 0. The van der Waals surface area contributed by atoms with Crippen molar-refractivity contribution in [3.05, 3.63) is 0 Å². The molecule has 0 bridgehead atoms. The third-order valence-electron chi connectivity index (χ3n) is 3.16. The Balaban J connectivity index is 2.34. The molecule has 104 valence electrons. The summed E-state index contributed by atoms with van der Waals surface area (Å²) in [6.07, 6.45) is -0.337. The van der Waals surface area contributed by atoms with E-state index < -0.39 is 0 Å². The van der Waals surface area contributed by atoms with Crippen LogP contribution < -0.4 is 0 Å². The van der Waals surface area contributed by atoms with Crippen LogP contribution in [0.3, 0.4) is 0 Å². The van der Waals surface area contributed by atoms with Gasteiger partial charge in [-0.3, -0.25) is 14.5 Å². The molecule has 0 aromatic heterocycles. The van der Waals surface area contributed by atoms with Crippen molar-refractivity contribution in [3.63, 3.8) is 0 Å². The SMILES string of the molecule is CC(=O)N(C)CC(=O)N1CCN(C[C@H](C)O)CC1. The molecule has 1 N–H and O–H groups in total. The normalized spacial score (nSPS) is 18.6. The first-order valence-corrected chi connectivity index (χ1v) is 6.30. The van der Waals surface area contributed by atoms with Crippen LogP contribution in [0.1, 0.15) is 13.8 Å². The molecule has 1 aliphatic rings.